The smallest absolute Gasteiger partial charge is 0.410 e. The van der Waals surface area contributed by atoms with E-state index < -0.39 is 11.7 Å². The van der Waals surface area contributed by atoms with Crippen molar-refractivity contribution in [2.45, 2.75) is 32.8 Å². The van der Waals surface area contributed by atoms with Gasteiger partial charge in [0.2, 0.25) is 5.91 Å². The Kier molecular flexibility index (Phi) is 5.46. The Bertz CT molecular complexity index is 829. The third-order valence-electron chi connectivity index (χ3n) is 4.08. The summed E-state index contributed by atoms with van der Waals surface area (Å²) in [6.07, 6.45) is 1.84. The molecule has 0 spiro atoms. The molecule has 6 nitrogen and oxygen atoms in total. The summed E-state index contributed by atoms with van der Waals surface area (Å²) in [6.45, 7) is 6.26. The number of benzene rings is 1. The maximum atomic E-state index is 13.0. The van der Waals surface area contributed by atoms with E-state index in [-0.39, 0.29) is 17.6 Å². The standard InChI is InChI=1S/C19H22FN3O3S/c1-19(2,3)26-18(25)23-9-8-13(11-23)16(24)22-17-21-10-15(27-17)12-4-6-14(20)7-5-12/h4-7,10,13H,8-9,11H2,1-3H3,(H,21,22,24)/t13-/m0/s1. The van der Waals surface area contributed by atoms with Crippen LogP contribution in [-0.4, -0.2) is 40.6 Å². The van der Waals surface area contributed by atoms with Gasteiger partial charge in [0.05, 0.1) is 10.8 Å². The van der Waals surface area contributed by atoms with Crippen molar-refractivity contribution in [3.8, 4) is 10.4 Å². The van der Waals surface area contributed by atoms with Gasteiger partial charge in [-0.25, -0.2) is 14.2 Å². The number of anilines is 1. The van der Waals surface area contributed by atoms with E-state index in [9.17, 15) is 14.0 Å². The molecule has 2 aromatic rings. The van der Waals surface area contributed by atoms with Crippen LogP contribution in [0.2, 0.25) is 0 Å². The van der Waals surface area contributed by atoms with E-state index >= 15 is 0 Å². The normalized spacial score (nSPS) is 17.0. The molecule has 1 saturated heterocycles. The van der Waals surface area contributed by atoms with Crippen LogP contribution in [0.5, 0.6) is 0 Å². The first-order chi connectivity index (χ1) is 12.7. The maximum absolute atomic E-state index is 13.0. The predicted octanol–water partition coefficient (Wildman–Crippen LogP) is 4.14. The zero-order valence-electron chi connectivity index (χ0n) is 15.5. The molecule has 1 fully saturated rings. The molecular weight excluding hydrogens is 369 g/mol. The molecule has 2 amide bonds. The topological polar surface area (TPSA) is 71.5 Å². The van der Waals surface area contributed by atoms with Crippen molar-refractivity contribution >= 4 is 28.5 Å². The van der Waals surface area contributed by atoms with Crippen molar-refractivity contribution in [2.75, 3.05) is 18.4 Å². The van der Waals surface area contributed by atoms with Crippen LogP contribution >= 0.6 is 11.3 Å². The Morgan fingerprint density at radius 2 is 2.00 bits per heavy atom. The second-order valence-corrected chi connectivity index (χ2v) is 8.47. The van der Waals surface area contributed by atoms with E-state index in [1.54, 1.807) is 23.2 Å². The van der Waals surface area contributed by atoms with Crippen LogP contribution in [-0.2, 0) is 9.53 Å². The number of carbonyl (C=O) groups excluding carboxylic acids is 2. The third-order valence-corrected chi connectivity index (χ3v) is 5.04. The first-order valence-electron chi connectivity index (χ1n) is 8.72. The molecule has 0 radical (unpaired) electrons. The monoisotopic (exact) mass is 391 g/mol. The molecular formula is C19H22FN3O3S. The van der Waals surface area contributed by atoms with Crippen molar-refractivity contribution in [1.82, 2.24) is 9.88 Å². The lowest BCUT2D eigenvalue weighted by atomic mass is 10.1. The van der Waals surface area contributed by atoms with Gasteiger partial charge in [0.25, 0.3) is 0 Å². The summed E-state index contributed by atoms with van der Waals surface area (Å²) in [7, 11) is 0. The molecule has 1 atom stereocenters. The van der Waals surface area contributed by atoms with Crippen LogP contribution in [0, 0.1) is 11.7 Å². The first-order valence-corrected chi connectivity index (χ1v) is 9.53. The van der Waals surface area contributed by atoms with Gasteiger partial charge in [-0.05, 0) is 44.9 Å². The first kappa shape index (κ1) is 19.3. The molecule has 2 heterocycles. The van der Waals surface area contributed by atoms with Gasteiger partial charge in [-0.3, -0.25) is 4.79 Å². The molecule has 144 valence electrons. The van der Waals surface area contributed by atoms with E-state index in [1.807, 2.05) is 20.8 Å². The molecule has 0 bridgehead atoms. The number of amides is 2. The van der Waals surface area contributed by atoms with E-state index in [0.29, 0.717) is 24.6 Å². The molecule has 1 aliphatic rings. The second-order valence-electron chi connectivity index (χ2n) is 7.44. The average molecular weight is 391 g/mol. The molecule has 1 aromatic heterocycles. The lowest BCUT2D eigenvalue weighted by molar-refractivity contribution is -0.119. The second kappa shape index (κ2) is 7.64. The van der Waals surface area contributed by atoms with E-state index in [2.05, 4.69) is 10.3 Å². The number of hydrogen-bond donors (Lipinski definition) is 1. The van der Waals surface area contributed by atoms with Crippen molar-refractivity contribution in [2.24, 2.45) is 5.92 Å². The van der Waals surface area contributed by atoms with Gasteiger partial charge < -0.3 is 15.0 Å². The minimum absolute atomic E-state index is 0.166. The number of carbonyl (C=O) groups is 2. The fourth-order valence-corrected chi connectivity index (χ4v) is 3.58. The quantitative estimate of drug-likeness (QED) is 0.853. The predicted molar refractivity (Wildman–Crippen MR) is 102 cm³/mol. The molecule has 1 N–H and O–H groups in total. The van der Waals surface area contributed by atoms with Crippen molar-refractivity contribution in [3.63, 3.8) is 0 Å². The molecule has 0 saturated carbocycles. The van der Waals surface area contributed by atoms with Crippen LogP contribution in [0.25, 0.3) is 10.4 Å². The number of likely N-dealkylation sites (tertiary alicyclic amines) is 1. The van der Waals surface area contributed by atoms with Gasteiger partial charge in [-0.15, -0.1) is 0 Å². The van der Waals surface area contributed by atoms with Crippen LogP contribution in [0.1, 0.15) is 27.2 Å². The zero-order chi connectivity index (χ0) is 19.6. The van der Waals surface area contributed by atoms with E-state index in [4.69, 9.17) is 4.74 Å². The SMILES string of the molecule is CC(C)(C)OC(=O)N1CC[C@H](C(=O)Nc2ncc(-c3ccc(F)cc3)s2)C1. The van der Waals surface area contributed by atoms with Gasteiger partial charge in [0, 0.05) is 19.3 Å². The summed E-state index contributed by atoms with van der Waals surface area (Å²) in [6, 6.07) is 6.11. The molecule has 0 unspecified atom stereocenters. The van der Waals surface area contributed by atoms with E-state index in [1.165, 1.54) is 23.5 Å². The average Bonchev–Trinajstić information content (AvgIpc) is 3.23. The van der Waals surface area contributed by atoms with Crippen LogP contribution < -0.4 is 5.32 Å². The zero-order valence-corrected chi connectivity index (χ0v) is 16.3. The maximum Gasteiger partial charge on any atom is 0.410 e. The summed E-state index contributed by atoms with van der Waals surface area (Å²) in [5.41, 5.74) is 0.279. The van der Waals surface area contributed by atoms with Crippen molar-refractivity contribution in [3.05, 3.63) is 36.3 Å². The summed E-state index contributed by atoms with van der Waals surface area (Å²) >= 11 is 1.32. The van der Waals surface area contributed by atoms with Crippen molar-refractivity contribution in [1.29, 1.82) is 0 Å². The van der Waals surface area contributed by atoms with Gasteiger partial charge in [0.15, 0.2) is 5.13 Å². The highest BCUT2D eigenvalue weighted by atomic mass is 32.1. The van der Waals surface area contributed by atoms with E-state index in [0.717, 1.165) is 10.4 Å². The summed E-state index contributed by atoms with van der Waals surface area (Å²) in [5.74, 6) is -0.760. The number of nitrogens with zero attached hydrogens (tertiary/aromatic N) is 2. The molecule has 27 heavy (non-hydrogen) atoms. The van der Waals surface area contributed by atoms with Gasteiger partial charge in [0.1, 0.15) is 11.4 Å². The number of nitrogens with one attached hydrogen (secondary N) is 1. The number of ether oxygens (including phenoxy) is 1. The number of halogens is 1. The number of aromatic nitrogens is 1. The molecule has 8 heteroatoms. The molecule has 0 aliphatic carbocycles. The Morgan fingerprint density at radius 1 is 1.30 bits per heavy atom. The van der Waals surface area contributed by atoms with Crippen LogP contribution in [0.15, 0.2) is 30.5 Å². The Morgan fingerprint density at radius 3 is 2.67 bits per heavy atom. The molecule has 1 aromatic carbocycles. The highest BCUT2D eigenvalue weighted by molar-refractivity contribution is 7.19. The largest absolute Gasteiger partial charge is 0.444 e. The van der Waals surface area contributed by atoms with Crippen molar-refractivity contribution < 1.29 is 18.7 Å². The lowest BCUT2D eigenvalue weighted by Crippen LogP contribution is -2.36. The Balaban J connectivity index is 1.57. The van der Waals surface area contributed by atoms with Gasteiger partial charge >= 0.3 is 6.09 Å². The Labute approximate surface area is 161 Å². The Hall–Kier alpha value is -2.48. The molecule has 1 aliphatic heterocycles. The number of hydrogen-bond acceptors (Lipinski definition) is 5. The van der Waals surface area contributed by atoms with Gasteiger partial charge in [-0.2, -0.15) is 0 Å². The number of rotatable bonds is 3. The number of thiazole rings is 1. The molecule has 3 rings (SSSR count). The van der Waals surface area contributed by atoms with Crippen LogP contribution in [0.3, 0.4) is 0 Å². The highest BCUT2D eigenvalue weighted by Crippen LogP contribution is 2.30. The minimum atomic E-state index is -0.560. The summed E-state index contributed by atoms with van der Waals surface area (Å²) in [5, 5.41) is 3.29. The summed E-state index contributed by atoms with van der Waals surface area (Å²) in [4.78, 5) is 31.2. The third kappa shape index (κ3) is 5.03. The van der Waals surface area contributed by atoms with Crippen LogP contribution in [0.4, 0.5) is 14.3 Å². The fraction of sp³-hybridized carbons (Fsp3) is 0.421. The highest BCUT2D eigenvalue weighted by Gasteiger charge is 2.33. The summed E-state index contributed by atoms with van der Waals surface area (Å²) < 4.78 is 18.4. The minimum Gasteiger partial charge on any atom is -0.444 e. The lowest BCUT2D eigenvalue weighted by Gasteiger charge is -2.24. The van der Waals surface area contributed by atoms with Gasteiger partial charge in [-0.1, -0.05) is 23.5 Å². The fourth-order valence-electron chi connectivity index (χ4n) is 2.75.